The molecule has 0 radical (unpaired) electrons. The number of carbonyl (C=O) groups excluding carboxylic acids is 2. The van der Waals surface area contributed by atoms with Crippen molar-refractivity contribution in [1.29, 1.82) is 0 Å². The van der Waals surface area contributed by atoms with E-state index in [9.17, 15) is 9.59 Å². The lowest BCUT2D eigenvalue weighted by Gasteiger charge is -2.26. The van der Waals surface area contributed by atoms with E-state index in [0.29, 0.717) is 17.1 Å². The number of aromatic nitrogens is 1. The molecule has 0 atom stereocenters. The van der Waals surface area contributed by atoms with Crippen molar-refractivity contribution in [3.8, 4) is 0 Å². The van der Waals surface area contributed by atoms with Gasteiger partial charge in [0.2, 0.25) is 5.91 Å². The molecule has 0 unspecified atom stereocenters. The van der Waals surface area contributed by atoms with Crippen LogP contribution >= 0.6 is 11.6 Å². The molecule has 2 aromatic carbocycles. The first-order valence-corrected chi connectivity index (χ1v) is 9.24. The van der Waals surface area contributed by atoms with Gasteiger partial charge in [0.1, 0.15) is 0 Å². The maximum Gasteiger partial charge on any atom is 0.258 e. The topological polar surface area (TPSA) is 56.4 Å². The molecule has 0 saturated heterocycles. The molecule has 0 saturated carbocycles. The van der Waals surface area contributed by atoms with Gasteiger partial charge in [-0.2, -0.15) is 0 Å². The van der Waals surface area contributed by atoms with E-state index >= 15 is 0 Å². The smallest absolute Gasteiger partial charge is 0.258 e. The lowest BCUT2D eigenvalue weighted by atomic mass is 10.0. The molecular formula is C21H20ClN3O2. The summed E-state index contributed by atoms with van der Waals surface area (Å²) in [5.74, 6) is -0.0312. The van der Waals surface area contributed by atoms with E-state index < -0.39 is 0 Å². The van der Waals surface area contributed by atoms with Crippen LogP contribution in [0.1, 0.15) is 28.5 Å². The van der Waals surface area contributed by atoms with Gasteiger partial charge < -0.3 is 14.8 Å². The molecule has 6 heteroatoms. The third-order valence-corrected chi connectivity index (χ3v) is 5.40. The van der Waals surface area contributed by atoms with Crippen LogP contribution in [0, 0.1) is 0 Å². The molecule has 1 aliphatic rings. The van der Waals surface area contributed by atoms with Crippen molar-refractivity contribution in [2.24, 2.45) is 0 Å². The number of H-pyrrole nitrogens is 1. The molecule has 0 aliphatic carbocycles. The third kappa shape index (κ3) is 3.19. The van der Waals surface area contributed by atoms with Crippen LogP contribution in [0.15, 0.2) is 42.5 Å². The van der Waals surface area contributed by atoms with E-state index in [0.717, 1.165) is 40.8 Å². The van der Waals surface area contributed by atoms with Crippen LogP contribution in [0.5, 0.6) is 0 Å². The van der Waals surface area contributed by atoms with Crippen molar-refractivity contribution < 1.29 is 9.59 Å². The van der Waals surface area contributed by atoms with Crippen molar-refractivity contribution in [2.75, 3.05) is 18.5 Å². The number of nitrogens with one attached hydrogen (secondary N) is 1. The zero-order valence-corrected chi connectivity index (χ0v) is 16.0. The number of anilines is 1. The Hall–Kier alpha value is -2.79. The van der Waals surface area contributed by atoms with Crippen molar-refractivity contribution in [3.63, 3.8) is 0 Å². The molecule has 138 valence electrons. The zero-order valence-electron chi connectivity index (χ0n) is 15.3. The minimum Gasteiger partial charge on any atom is -0.358 e. The molecule has 3 aromatic rings. The van der Waals surface area contributed by atoms with Crippen LogP contribution in [0.3, 0.4) is 0 Å². The Morgan fingerprint density at radius 1 is 1.19 bits per heavy atom. The van der Waals surface area contributed by atoms with Gasteiger partial charge in [-0.15, -0.1) is 0 Å². The largest absolute Gasteiger partial charge is 0.358 e. The highest BCUT2D eigenvalue weighted by Gasteiger charge is 2.23. The molecular weight excluding hydrogens is 362 g/mol. The highest BCUT2D eigenvalue weighted by molar-refractivity contribution is 6.31. The zero-order chi connectivity index (χ0) is 19.1. The Morgan fingerprint density at radius 2 is 2.00 bits per heavy atom. The van der Waals surface area contributed by atoms with E-state index in [1.807, 2.05) is 35.2 Å². The maximum atomic E-state index is 13.0. The van der Waals surface area contributed by atoms with E-state index in [1.165, 1.54) is 0 Å². The molecule has 27 heavy (non-hydrogen) atoms. The van der Waals surface area contributed by atoms with Gasteiger partial charge in [0.05, 0.1) is 0 Å². The predicted octanol–water partition coefficient (Wildman–Crippen LogP) is 4.00. The van der Waals surface area contributed by atoms with Gasteiger partial charge in [0.15, 0.2) is 0 Å². The second-order valence-corrected chi connectivity index (χ2v) is 7.31. The van der Waals surface area contributed by atoms with E-state index in [-0.39, 0.29) is 11.8 Å². The van der Waals surface area contributed by atoms with Gasteiger partial charge in [-0.1, -0.05) is 17.7 Å². The summed E-state index contributed by atoms with van der Waals surface area (Å²) < 4.78 is 0. The SMILES string of the molecule is CC(=O)N1CCc2[nH]c3ccc(C(=O)N(C)c4cccc(Cl)c4)cc3c2C1. The summed E-state index contributed by atoms with van der Waals surface area (Å²) in [6, 6.07) is 12.9. The Balaban J connectivity index is 1.70. The van der Waals surface area contributed by atoms with Crippen LogP contribution < -0.4 is 4.90 Å². The molecule has 1 N–H and O–H groups in total. The quantitative estimate of drug-likeness (QED) is 0.729. The number of aromatic amines is 1. The minimum atomic E-state index is -0.103. The van der Waals surface area contributed by atoms with E-state index in [1.54, 1.807) is 31.0 Å². The number of carbonyl (C=O) groups is 2. The summed E-state index contributed by atoms with van der Waals surface area (Å²) in [5, 5.41) is 1.59. The van der Waals surface area contributed by atoms with Crippen LogP contribution in [0.2, 0.25) is 5.02 Å². The first kappa shape index (κ1) is 17.6. The highest BCUT2D eigenvalue weighted by Crippen LogP contribution is 2.29. The number of benzene rings is 2. The summed E-state index contributed by atoms with van der Waals surface area (Å²) >= 11 is 6.05. The molecule has 4 rings (SSSR count). The average molecular weight is 382 g/mol. The van der Waals surface area contributed by atoms with Gasteiger partial charge >= 0.3 is 0 Å². The summed E-state index contributed by atoms with van der Waals surface area (Å²) in [6.45, 7) is 2.89. The van der Waals surface area contributed by atoms with Gasteiger partial charge in [-0.3, -0.25) is 9.59 Å². The minimum absolute atomic E-state index is 0.0721. The van der Waals surface area contributed by atoms with Gasteiger partial charge in [0, 0.05) is 71.9 Å². The first-order chi connectivity index (χ1) is 12.9. The number of rotatable bonds is 2. The predicted molar refractivity (Wildman–Crippen MR) is 107 cm³/mol. The monoisotopic (exact) mass is 381 g/mol. The number of hydrogen-bond acceptors (Lipinski definition) is 2. The molecule has 0 spiro atoms. The third-order valence-electron chi connectivity index (χ3n) is 5.17. The van der Waals surface area contributed by atoms with Gasteiger partial charge in [-0.25, -0.2) is 0 Å². The molecule has 2 amide bonds. The second-order valence-electron chi connectivity index (χ2n) is 6.88. The van der Waals surface area contributed by atoms with Crippen molar-refractivity contribution >= 4 is 40.0 Å². The summed E-state index contributed by atoms with van der Waals surface area (Å²) in [6.07, 6.45) is 0.801. The van der Waals surface area contributed by atoms with Crippen LogP contribution in [-0.2, 0) is 17.8 Å². The number of halogens is 1. The molecule has 5 nitrogen and oxygen atoms in total. The van der Waals surface area contributed by atoms with Crippen molar-refractivity contribution in [3.05, 3.63) is 64.3 Å². The lowest BCUT2D eigenvalue weighted by Crippen LogP contribution is -2.33. The molecule has 0 fully saturated rings. The van der Waals surface area contributed by atoms with Crippen LogP contribution in [0.4, 0.5) is 5.69 Å². The maximum absolute atomic E-state index is 13.0. The number of amides is 2. The molecule has 1 aliphatic heterocycles. The van der Waals surface area contributed by atoms with Gasteiger partial charge in [0.25, 0.3) is 5.91 Å². The molecule has 1 aromatic heterocycles. The highest BCUT2D eigenvalue weighted by atomic mass is 35.5. The van der Waals surface area contributed by atoms with E-state index in [2.05, 4.69) is 4.98 Å². The Kier molecular flexibility index (Phi) is 4.40. The number of nitrogens with zero attached hydrogens (tertiary/aromatic N) is 2. The Bertz CT molecular complexity index is 1060. The van der Waals surface area contributed by atoms with Crippen LogP contribution in [0.25, 0.3) is 10.9 Å². The fraction of sp³-hybridized carbons (Fsp3) is 0.238. The van der Waals surface area contributed by atoms with Crippen molar-refractivity contribution in [2.45, 2.75) is 19.9 Å². The summed E-state index contributed by atoms with van der Waals surface area (Å²) in [7, 11) is 1.74. The number of fused-ring (bicyclic) bond motifs is 3. The molecule has 0 bridgehead atoms. The fourth-order valence-electron chi connectivity index (χ4n) is 3.61. The standard InChI is InChI=1S/C21H20ClN3O2/c1-13(26)25-9-8-20-18(12-25)17-10-14(6-7-19(17)23-20)21(27)24(2)16-5-3-4-15(22)11-16/h3-7,10-11,23H,8-9,12H2,1-2H3. The number of hydrogen-bond donors (Lipinski definition) is 1. The fourth-order valence-corrected chi connectivity index (χ4v) is 3.80. The molecule has 2 heterocycles. The first-order valence-electron chi connectivity index (χ1n) is 8.86. The normalized spacial score (nSPS) is 13.5. The average Bonchev–Trinajstić information content (AvgIpc) is 3.03. The Labute approximate surface area is 162 Å². The summed E-state index contributed by atoms with van der Waals surface area (Å²) in [5.41, 5.74) is 4.59. The van der Waals surface area contributed by atoms with Gasteiger partial charge in [-0.05, 0) is 36.4 Å². The lowest BCUT2D eigenvalue weighted by molar-refractivity contribution is -0.129. The Morgan fingerprint density at radius 3 is 2.74 bits per heavy atom. The van der Waals surface area contributed by atoms with Crippen LogP contribution in [-0.4, -0.2) is 35.3 Å². The summed E-state index contributed by atoms with van der Waals surface area (Å²) in [4.78, 5) is 31.6. The van der Waals surface area contributed by atoms with E-state index in [4.69, 9.17) is 11.6 Å². The van der Waals surface area contributed by atoms with Crippen molar-refractivity contribution in [1.82, 2.24) is 9.88 Å². The second kappa shape index (κ2) is 6.74.